The summed E-state index contributed by atoms with van der Waals surface area (Å²) in [6, 6.07) is 8.03. The number of piperazine rings is 1. The third-order valence-electron chi connectivity index (χ3n) is 7.05. The zero-order chi connectivity index (χ0) is 26.5. The minimum atomic E-state index is -0.669. The van der Waals surface area contributed by atoms with E-state index >= 15 is 0 Å². The van der Waals surface area contributed by atoms with Crippen LogP contribution in [0.4, 0.5) is 5.69 Å². The number of imide groups is 1. The molecule has 0 radical (unpaired) electrons. The highest BCUT2D eigenvalue weighted by Gasteiger charge is 2.39. The molecule has 4 amide bonds. The number of pyridine rings is 1. The van der Waals surface area contributed by atoms with Gasteiger partial charge in [0, 0.05) is 69.2 Å². The molecule has 1 aromatic heterocycles. The number of anilines is 1. The van der Waals surface area contributed by atoms with Crippen molar-refractivity contribution < 1.29 is 23.9 Å². The van der Waals surface area contributed by atoms with E-state index in [-0.39, 0.29) is 37.1 Å². The van der Waals surface area contributed by atoms with Gasteiger partial charge in [0.1, 0.15) is 6.04 Å². The standard InChI is InChI=1S/C27H32N6O5/c34-23-6-5-22(26(36)31-23)33-17-19-15-20(3-4-21(19)27(33)37)30-24(35)14-18-2-7-25(29-16-18)38-13-1-10-32-11-8-28-9-12-32/h2-4,7,15-16,22,28H,1,5-6,8-14,17H2,(H,30,35)(H,31,34,36). The number of fused-ring (bicyclic) bond motifs is 1. The summed E-state index contributed by atoms with van der Waals surface area (Å²) in [5.74, 6) is -0.680. The average Bonchev–Trinajstić information content (AvgIpc) is 3.23. The normalized spacial score (nSPS) is 19.7. The highest BCUT2D eigenvalue weighted by Crippen LogP contribution is 2.29. The van der Waals surface area contributed by atoms with E-state index < -0.39 is 11.9 Å². The number of carbonyl (C=O) groups excluding carboxylic acids is 4. The number of ether oxygens (including phenoxy) is 1. The molecule has 4 heterocycles. The number of rotatable bonds is 9. The third-order valence-corrected chi connectivity index (χ3v) is 7.05. The van der Waals surface area contributed by atoms with Gasteiger partial charge < -0.3 is 25.2 Å². The van der Waals surface area contributed by atoms with E-state index in [0.29, 0.717) is 30.2 Å². The lowest BCUT2D eigenvalue weighted by atomic mass is 10.0. The second-order valence-corrected chi connectivity index (χ2v) is 9.80. The number of hydrogen-bond donors (Lipinski definition) is 3. The first kappa shape index (κ1) is 25.8. The second-order valence-electron chi connectivity index (χ2n) is 9.80. The molecule has 0 spiro atoms. The van der Waals surface area contributed by atoms with Gasteiger partial charge in [-0.1, -0.05) is 6.07 Å². The van der Waals surface area contributed by atoms with Gasteiger partial charge in [-0.3, -0.25) is 24.5 Å². The first-order valence-electron chi connectivity index (χ1n) is 13.0. The molecular formula is C27H32N6O5. The fourth-order valence-corrected chi connectivity index (χ4v) is 5.04. The Morgan fingerprint density at radius 1 is 1.13 bits per heavy atom. The number of amides is 4. The highest BCUT2D eigenvalue weighted by molar-refractivity contribution is 6.05. The summed E-state index contributed by atoms with van der Waals surface area (Å²) >= 11 is 0. The van der Waals surface area contributed by atoms with Crippen molar-refractivity contribution in [1.82, 2.24) is 25.4 Å². The highest BCUT2D eigenvalue weighted by atomic mass is 16.5. The van der Waals surface area contributed by atoms with Gasteiger partial charge in [-0.05, 0) is 42.2 Å². The number of nitrogens with zero attached hydrogens (tertiary/aromatic N) is 3. The maximum atomic E-state index is 12.8. The fourth-order valence-electron chi connectivity index (χ4n) is 5.04. The molecular weight excluding hydrogens is 488 g/mol. The Morgan fingerprint density at radius 2 is 1.97 bits per heavy atom. The number of aromatic nitrogens is 1. The molecule has 38 heavy (non-hydrogen) atoms. The summed E-state index contributed by atoms with van der Waals surface area (Å²) in [5.41, 5.74) is 2.57. The van der Waals surface area contributed by atoms with Crippen molar-refractivity contribution in [3.63, 3.8) is 0 Å². The maximum absolute atomic E-state index is 12.8. The van der Waals surface area contributed by atoms with Gasteiger partial charge in [0.2, 0.25) is 23.6 Å². The quantitative estimate of drug-likeness (QED) is 0.325. The average molecular weight is 521 g/mol. The lowest BCUT2D eigenvalue weighted by Crippen LogP contribution is -2.52. The van der Waals surface area contributed by atoms with E-state index in [1.54, 1.807) is 30.5 Å². The zero-order valence-corrected chi connectivity index (χ0v) is 21.2. The van der Waals surface area contributed by atoms with Gasteiger partial charge >= 0.3 is 0 Å². The number of benzene rings is 1. The van der Waals surface area contributed by atoms with Crippen molar-refractivity contribution in [3.8, 4) is 5.88 Å². The molecule has 11 nitrogen and oxygen atoms in total. The number of carbonyl (C=O) groups is 4. The van der Waals surface area contributed by atoms with Crippen molar-refractivity contribution in [1.29, 1.82) is 0 Å². The van der Waals surface area contributed by atoms with Crippen LogP contribution >= 0.6 is 0 Å². The van der Waals surface area contributed by atoms with Crippen LogP contribution in [0.1, 0.15) is 40.7 Å². The van der Waals surface area contributed by atoms with Crippen LogP contribution in [-0.2, 0) is 27.3 Å². The van der Waals surface area contributed by atoms with Gasteiger partial charge in [0.15, 0.2) is 0 Å². The molecule has 3 aliphatic heterocycles. The summed E-state index contributed by atoms with van der Waals surface area (Å²) in [4.78, 5) is 57.4. The lowest BCUT2D eigenvalue weighted by molar-refractivity contribution is -0.137. The van der Waals surface area contributed by atoms with Crippen molar-refractivity contribution in [2.24, 2.45) is 0 Å². The van der Waals surface area contributed by atoms with E-state index in [4.69, 9.17) is 4.74 Å². The predicted molar refractivity (Wildman–Crippen MR) is 138 cm³/mol. The molecule has 2 aromatic rings. The lowest BCUT2D eigenvalue weighted by Gasteiger charge is -2.29. The molecule has 5 rings (SSSR count). The zero-order valence-electron chi connectivity index (χ0n) is 21.2. The molecule has 200 valence electrons. The number of piperidine rings is 1. The molecule has 3 N–H and O–H groups in total. The summed E-state index contributed by atoms with van der Waals surface area (Å²) in [6.07, 6.45) is 3.24. The number of nitrogens with one attached hydrogen (secondary N) is 3. The first-order chi connectivity index (χ1) is 18.5. The van der Waals surface area contributed by atoms with Crippen molar-refractivity contribution in [2.75, 3.05) is 44.6 Å². The SMILES string of the molecule is O=C1CCC(N2Cc3cc(NC(=O)Cc4ccc(OCCCN5CCNCC5)nc4)ccc3C2=O)C(=O)N1. The summed E-state index contributed by atoms with van der Waals surface area (Å²) in [5, 5.41) is 8.51. The topological polar surface area (TPSA) is 133 Å². The van der Waals surface area contributed by atoms with E-state index in [1.807, 2.05) is 6.07 Å². The monoisotopic (exact) mass is 520 g/mol. The minimum Gasteiger partial charge on any atom is -0.478 e. The van der Waals surface area contributed by atoms with Crippen LogP contribution in [0.5, 0.6) is 5.88 Å². The molecule has 2 saturated heterocycles. The van der Waals surface area contributed by atoms with E-state index in [1.165, 1.54) is 4.90 Å². The Bertz CT molecular complexity index is 1210. The molecule has 0 saturated carbocycles. The Balaban J connectivity index is 1.09. The van der Waals surface area contributed by atoms with Gasteiger partial charge in [-0.15, -0.1) is 0 Å². The van der Waals surface area contributed by atoms with Crippen LogP contribution < -0.4 is 20.7 Å². The minimum absolute atomic E-state index is 0.148. The van der Waals surface area contributed by atoms with Gasteiger partial charge in [0.25, 0.3) is 5.91 Å². The Morgan fingerprint density at radius 3 is 2.74 bits per heavy atom. The molecule has 11 heteroatoms. The second kappa shape index (κ2) is 11.7. The van der Waals surface area contributed by atoms with Crippen LogP contribution in [0.2, 0.25) is 0 Å². The summed E-state index contributed by atoms with van der Waals surface area (Å²) in [6.45, 7) is 6.06. The van der Waals surface area contributed by atoms with Crippen LogP contribution in [0.25, 0.3) is 0 Å². The summed E-state index contributed by atoms with van der Waals surface area (Å²) in [7, 11) is 0. The molecule has 1 aromatic carbocycles. The van der Waals surface area contributed by atoms with Gasteiger partial charge in [-0.2, -0.15) is 0 Å². The smallest absolute Gasteiger partial charge is 0.255 e. The fraction of sp³-hybridized carbons (Fsp3) is 0.444. The number of hydrogen-bond acceptors (Lipinski definition) is 8. The Kier molecular flexibility index (Phi) is 7.94. The summed E-state index contributed by atoms with van der Waals surface area (Å²) < 4.78 is 5.74. The van der Waals surface area contributed by atoms with Crippen LogP contribution in [0.3, 0.4) is 0 Å². The molecule has 1 unspecified atom stereocenters. The van der Waals surface area contributed by atoms with Crippen LogP contribution in [-0.4, -0.2) is 83.8 Å². The Labute approximate surface area is 220 Å². The molecule has 0 bridgehead atoms. The Hall–Kier alpha value is -3.83. The van der Waals surface area contributed by atoms with Crippen molar-refractivity contribution >= 4 is 29.3 Å². The van der Waals surface area contributed by atoms with Crippen LogP contribution in [0.15, 0.2) is 36.5 Å². The van der Waals surface area contributed by atoms with Crippen molar-refractivity contribution in [2.45, 2.75) is 38.3 Å². The molecule has 2 fully saturated rings. The largest absolute Gasteiger partial charge is 0.478 e. The third kappa shape index (κ3) is 6.17. The van der Waals surface area contributed by atoms with Gasteiger partial charge in [0.05, 0.1) is 13.0 Å². The maximum Gasteiger partial charge on any atom is 0.255 e. The van der Waals surface area contributed by atoms with E-state index in [2.05, 4.69) is 25.8 Å². The van der Waals surface area contributed by atoms with E-state index in [0.717, 1.165) is 50.3 Å². The van der Waals surface area contributed by atoms with E-state index in [9.17, 15) is 19.2 Å². The predicted octanol–water partition coefficient (Wildman–Crippen LogP) is 0.698. The van der Waals surface area contributed by atoms with Crippen molar-refractivity contribution in [3.05, 3.63) is 53.2 Å². The first-order valence-corrected chi connectivity index (χ1v) is 13.0. The molecule has 0 aliphatic carbocycles. The van der Waals surface area contributed by atoms with Crippen LogP contribution in [0, 0.1) is 0 Å². The van der Waals surface area contributed by atoms with Gasteiger partial charge in [-0.25, -0.2) is 4.98 Å². The molecule has 1 atom stereocenters. The molecule has 3 aliphatic rings.